The topological polar surface area (TPSA) is 174 Å². The van der Waals surface area contributed by atoms with Gasteiger partial charge in [-0.25, -0.2) is 14.0 Å². The number of ketones is 1. The summed E-state index contributed by atoms with van der Waals surface area (Å²) in [4.78, 5) is 49.4. The number of amidine groups is 1. The van der Waals surface area contributed by atoms with E-state index in [1.165, 1.54) is 12.1 Å². The number of carbonyl (C=O) groups is 4. The molecule has 5 N–H and O–H groups in total. The molecule has 0 bridgehead atoms. The molecule has 0 aliphatic carbocycles. The number of ether oxygens (including phenoxy) is 1. The second kappa shape index (κ2) is 16.5. The van der Waals surface area contributed by atoms with Crippen LogP contribution < -0.4 is 15.4 Å². The van der Waals surface area contributed by atoms with Gasteiger partial charge < -0.3 is 30.5 Å². The van der Waals surface area contributed by atoms with Gasteiger partial charge in [-0.15, -0.1) is 0 Å². The van der Waals surface area contributed by atoms with Crippen LogP contribution in [0.15, 0.2) is 84.9 Å². The summed E-state index contributed by atoms with van der Waals surface area (Å²) >= 11 is 0. The predicted molar refractivity (Wildman–Crippen MR) is 166 cm³/mol. The number of hydrogen-bond acceptors (Lipinski definition) is 7. The van der Waals surface area contributed by atoms with E-state index in [1.807, 2.05) is 24.3 Å². The standard InChI is InChI=1S/C29H31FN4O3.C4H4O4/c1-37-26-12-10-25(11-13-26)34(29(36)23-4-2-22(3-5-23)28(31)32)19-18-33-16-14-21(15-17-33)27(35)20-6-8-24(30)9-7-20;5-3(6)1-2-4(7)8/h2-13,21H,14-19H2,1H3,(H3,31,32);1-2H,(H,5,6)(H,7,8)/b;2-1+. The highest BCUT2D eigenvalue weighted by Gasteiger charge is 2.27. The lowest BCUT2D eigenvalue weighted by Gasteiger charge is -2.33. The van der Waals surface area contributed by atoms with Crippen LogP contribution in [-0.2, 0) is 9.59 Å². The number of benzene rings is 3. The maximum Gasteiger partial charge on any atom is 0.328 e. The maximum absolute atomic E-state index is 13.5. The minimum Gasteiger partial charge on any atom is -0.497 e. The predicted octanol–water partition coefficient (Wildman–Crippen LogP) is 4.07. The Balaban J connectivity index is 0.000000610. The van der Waals surface area contributed by atoms with Gasteiger partial charge in [0.25, 0.3) is 5.91 Å². The van der Waals surface area contributed by atoms with Crippen LogP contribution in [0.5, 0.6) is 5.75 Å². The number of carbonyl (C=O) groups excluding carboxylic acids is 2. The molecular formula is C33H35FN4O7. The molecule has 3 aromatic rings. The van der Waals surface area contributed by atoms with Crippen LogP contribution in [0.25, 0.3) is 0 Å². The summed E-state index contributed by atoms with van der Waals surface area (Å²) in [6, 6.07) is 19.8. The van der Waals surface area contributed by atoms with Gasteiger partial charge in [-0.05, 0) is 86.6 Å². The summed E-state index contributed by atoms with van der Waals surface area (Å²) in [6.45, 7) is 2.61. The molecule has 12 heteroatoms. The van der Waals surface area contributed by atoms with Crippen molar-refractivity contribution < 1.29 is 38.5 Å². The van der Waals surface area contributed by atoms with E-state index in [9.17, 15) is 23.6 Å². The Morgan fingerprint density at radius 3 is 1.89 bits per heavy atom. The smallest absolute Gasteiger partial charge is 0.328 e. The number of nitrogen functional groups attached to an aromatic ring is 1. The quantitative estimate of drug-likeness (QED) is 0.107. The van der Waals surface area contributed by atoms with Crippen molar-refractivity contribution in [2.75, 3.05) is 38.2 Å². The molecular weight excluding hydrogens is 583 g/mol. The number of piperidine rings is 1. The number of methoxy groups -OCH3 is 1. The fourth-order valence-electron chi connectivity index (χ4n) is 4.71. The first-order valence-electron chi connectivity index (χ1n) is 14.0. The van der Waals surface area contributed by atoms with Gasteiger partial charge in [0.2, 0.25) is 0 Å². The number of nitrogens with zero attached hydrogens (tertiary/aromatic N) is 2. The molecule has 3 aromatic carbocycles. The van der Waals surface area contributed by atoms with Crippen LogP contribution in [0, 0.1) is 17.1 Å². The number of hydrogen-bond donors (Lipinski definition) is 4. The van der Waals surface area contributed by atoms with E-state index in [-0.39, 0.29) is 29.3 Å². The van der Waals surface area contributed by atoms with E-state index in [1.54, 1.807) is 48.4 Å². The first-order chi connectivity index (χ1) is 21.5. The van der Waals surface area contributed by atoms with Gasteiger partial charge in [0, 0.05) is 53.5 Å². The van der Waals surface area contributed by atoms with Gasteiger partial charge in [0.1, 0.15) is 17.4 Å². The normalized spacial score (nSPS) is 13.4. The van der Waals surface area contributed by atoms with Crippen LogP contribution in [0.4, 0.5) is 10.1 Å². The number of anilines is 1. The molecule has 1 aliphatic heterocycles. The molecule has 236 valence electrons. The van der Waals surface area contributed by atoms with Crippen LogP contribution in [0.3, 0.4) is 0 Å². The molecule has 1 saturated heterocycles. The minimum absolute atomic E-state index is 0.0488. The number of likely N-dealkylation sites (tertiary alicyclic amines) is 1. The summed E-state index contributed by atoms with van der Waals surface area (Å²) in [5, 5.41) is 23.2. The van der Waals surface area contributed by atoms with Gasteiger partial charge in [0.05, 0.1) is 7.11 Å². The van der Waals surface area contributed by atoms with Gasteiger partial charge in [-0.3, -0.25) is 15.0 Å². The first-order valence-corrected chi connectivity index (χ1v) is 14.0. The number of nitrogens with two attached hydrogens (primary N) is 1. The van der Waals surface area contributed by atoms with E-state index < -0.39 is 11.9 Å². The zero-order chi connectivity index (χ0) is 32.9. The second-order valence-electron chi connectivity index (χ2n) is 10.1. The summed E-state index contributed by atoms with van der Waals surface area (Å²) in [6.07, 6.45) is 2.56. The Bertz CT molecular complexity index is 1500. The number of carboxylic acids is 2. The zero-order valence-electron chi connectivity index (χ0n) is 24.7. The summed E-state index contributed by atoms with van der Waals surface area (Å²) in [5.74, 6) is -2.38. The second-order valence-corrected chi connectivity index (χ2v) is 10.1. The Kier molecular flexibility index (Phi) is 12.5. The van der Waals surface area contributed by atoms with E-state index in [0.29, 0.717) is 47.7 Å². The number of carboxylic acid groups (broad SMARTS) is 2. The van der Waals surface area contributed by atoms with Gasteiger partial charge >= 0.3 is 11.9 Å². The Morgan fingerprint density at radius 2 is 1.40 bits per heavy atom. The Labute approximate surface area is 259 Å². The van der Waals surface area contributed by atoms with E-state index in [2.05, 4.69) is 4.90 Å². The number of nitrogens with one attached hydrogen (secondary N) is 1. The highest BCUT2D eigenvalue weighted by Crippen LogP contribution is 2.24. The van der Waals surface area contributed by atoms with Crippen molar-refractivity contribution >= 4 is 35.2 Å². The number of Topliss-reactive ketones (excluding diaryl/α,β-unsaturated/α-hetero) is 1. The van der Waals surface area contributed by atoms with Crippen molar-refractivity contribution in [3.8, 4) is 5.75 Å². The molecule has 45 heavy (non-hydrogen) atoms. The molecule has 0 aromatic heterocycles. The van der Waals surface area contributed by atoms with Gasteiger partial charge in [-0.1, -0.05) is 12.1 Å². The lowest BCUT2D eigenvalue weighted by molar-refractivity contribution is -0.134. The summed E-state index contributed by atoms with van der Waals surface area (Å²) in [7, 11) is 1.60. The minimum atomic E-state index is -1.26. The van der Waals surface area contributed by atoms with Crippen LogP contribution in [0.2, 0.25) is 0 Å². The van der Waals surface area contributed by atoms with Crippen molar-refractivity contribution in [1.29, 1.82) is 5.41 Å². The fraction of sp³-hybridized carbons (Fsp3) is 0.242. The molecule has 0 unspecified atom stereocenters. The molecule has 0 spiro atoms. The molecule has 4 rings (SSSR count). The number of aliphatic carboxylic acids is 2. The molecule has 1 fully saturated rings. The zero-order valence-corrected chi connectivity index (χ0v) is 24.7. The summed E-state index contributed by atoms with van der Waals surface area (Å²) < 4.78 is 18.5. The molecule has 1 aliphatic rings. The fourth-order valence-corrected chi connectivity index (χ4v) is 4.71. The molecule has 0 saturated carbocycles. The average Bonchev–Trinajstić information content (AvgIpc) is 3.04. The first kappa shape index (κ1) is 34.1. The third-order valence-electron chi connectivity index (χ3n) is 7.17. The largest absolute Gasteiger partial charge is 0.497 e. The third kappa shape index (κ3) is 10.4. The van der Waals surface area contributed by atoms with Crippen molar-refractivity contribution in [3.63, 3.8) is 0 Å². The maximum atomic E-state index is 13.5. The Morgan fingerprint density at radius 1 is 0.889 bits per heavy atom. The average molecular weight is 619 g/mol. The molecule has 1 heterocycles. The van der Waals surface area contributed by atoms with E-state index in [4.69, 9.17) is 26.1 Å². The monoisotopic (exact) mass is 618 g/mol. The van der Waals surface area contributed by atoms with Crippen LogP contribution in [0.1, 0.15) is 39.1 Å². The van der Waals surface area contributed by atoms with Crippen molar-refractivity contribution in [2.24, 2.45) is 11.7 Å². The highest BCUT2D eigenvalue weighted by atomic mass is 19.1. The summed E-state index contributed by atoms with van der Waals surface area (Å²) in [5.41, 5.74) is 7.92. The molecule has 0 atom stereocenters. The van der Waals surface area contributed by atoms with Gasteiger partial charge in [0.15, 0.2) is 5.78 Å². The SMILES string of the molecule is COc1ccc(N(CCN2CCC(C(=O)c3ccc(F)cc3)CC2)C(=O)c2ccc(C(=N)N)cc2)cc1.O=C(O)/C=C/C(=O)O. The van der Waals surface area contributed by atoms with E-state index >= 15 is 0 Å². The number of halogens is 1. The van der Waals surface area contributed by atoms with E-state index in [0.717, 1.165) is 31.6 Å². The van der Waals surface area contributed by atoms with Crippen LogP contribution in [-0.4, -0.2) is 77.9 Å². The van der Waals surface area contributed by atoms with Gasteiger partial charge in [-0.2, -0.15) is 0 Å². The lowest BCUT2D eigenvalue weighted by atomic mass is 9.89. The molecule has 11 nitrogen and oxygen atoms in total. The van der Waals surface area contributed by atoms with Crippen molar-refractivity contribution in [2.45, 2.75) is 12.8 Å². The van der Waals surface area contributed by atoms with Crippen molar-refractivity contribution in [3.05, 3.63) is 107 Å². The lowest BCUT2D eigenvalue weighted by Crippen LogP contribution is -2.42. The highest BCUT2D eigenvalue weighted by molar-refractivity contribution is 6.07. The van der Waals surface area contributed by atoms with Crippen molar-refractivity contribution in [1.82, 2.24) is 4.90 Å². The molecule has 1 amide bonds. The number of amides is 1. The Hall–Kier alpha value is -5.36. The van der Waals surface area contributed by atoms with Crippen LogP contribution >= 0.6 is 0 Å². The number of rotatable bonds is 11. The third-order valence-corrected chi connectivity index (χ3v) is 7.17. The molecule has 0 radical (unpaired) electrons.